The number of carbonyl (C=O) groups excluding carboxylic acids is 2. The molecule has 28 heavy (non-hydrogen) atoms. The van der Waals surface area contributed by atoms with E-state index in [1.807, 2.05) is 0 Å². The van der Waals surface area contributed by atoms with Crippen LogP contribution in [-0.2, 0) is 7.05 Å². The fourth-order valence-electron chi connectivity index (χ4n) is 3.86. The van der Waals surface area contributed by atoms with Gasteiger partial charge in [-0.3, -0.25) is 14.4 Å². The van der Waals surface area contributed by atoms with Gasteiger partial charge in [-0.2, -0.15) is 5.10 Å². The molecule has 8 heteroatoms. The van der Waals surface area contributed by atoms with Crippen LogP contribution in [0, 0.1) is 5.92 Å². The second-order valence-corrected chi connectivity index (χ2v) is 7.69. The number of fused-ring (bicyclic) bond motifs is 1. The molecule has 0 bridgehead atoms. The predicted octanol–water partition coefficient (Wildman–Crippen LogP) is 2.32. The van der Waals surface area contributed by atoms with Crippen molar-refractivity contribution >= 4 is 23.3 Å². The summed E-state index contributed by atoms with van der Waals surface area (Å²) in [4.78, 5) is 38.6. The third-order valence-corrected chi connectivity index (χ3v) is 5.59. The normalized spacial score (nSPS) is 21.8. The summed E-state index contributed by atoms with van der Waals surface area (Å²) in [7, 11) is 1.52. The Balaban J connectivity index is 1.50. The third kappa shape index (κ3) is 3.54. The van der Waals surface area contributed by atoms with Crippen molar-refractivity contribution in [2.24, 2.45) is 13.0 Å². The van der Waals surface area contributed by atoms with Crippen molar-refractivity contribution in [3.63, 3.8) is 0 Å². The molecule has 7 nitrogen and oxygen atoms in total. The number of halogens is 1. The molecule has 0 N–H and O–H groups in total. The first-order valence-corrected chi connectivity index (χ1v) is 9.63. The van der Waals surface area contributed by atoms with Gasteiger partial charge in [-0.15, -0.1) is 0 Å². The van der Waals surface area contributed by atoms with E-state index in [0.717, 1.165) is 17.5 Å². The van der Waals surface area contributed by atoms with E-state index < -0.39 is 0 Å². The lowest BCUT2D eigenvalue weighted by molar-refractivity contribution is 0.0404. The molecule has 2 atom stereocenters. The molecule has 1 saturated heterocycles. The Morgan fingerprint density at radius 3 is 2.86 bits per heavy atom. The summed E-state index contributed by atoms with van der Waals surface area (Å²) in [5.41, 5.74) is 0.492. The summed E-state index contributed by atoms with van der Waals surface area (Å²) in [6.45, 7) is 1.11. The second-order valence-electron chi connectivity index (χ2n) is 7.26. The fourth-order valence-corrected chi connectivity index (χ4v) is 4.03. The highest BCUT2D eigenvalue weighted by Gasteiger charge is 2.36. The first-order valence-electron chi connectivity index (χ1n) is 9.25. The molecule has 0 saturated carbocycles. The van der Waals surface area contributed by atoms with Gasteiger partial charge in [0.1, 0.15) is 17.5 Å². The summed E-state index contributed by atoms with van der Waals surface area (Å²) in [5.74, 6) is 0.401. The number of nitrogens with zero attached hydrogens (tertiary/aromatic N) is 3. The van der Waals surface area contributed by atoms with Gasteiger partial charge in [0.15, 0.2) is 5.78 Å². The quantitative estimate of drug-likeness (QED) is 0.771. The van der Waals surface area contributed by atoms with E-state index >= 15 is 0 Å². The van der Waals surface area contributed by atoms with Crippen molar-refractivity contribution in [3.05, 3.63) is 57.0 Å². The monoisotopic (exact) mass is 401 g/mol. The molecule has 1 aromatic carbocycles. The summed E-state index contributed by atoms with van der Waals surface area (Å²) < 4.78 is 7.24. The Labute approximate surface area is 166 Å². The molecule has 3 heterocycles. The lowest BCUT2D eigenvalue weighted by Crippen LogP contribution is -2.46. The molecular formula is C20H20ClN3O4. The first kappa shape index (κ1) is 18.7. The summed E-state index contributed by atoms with van der Waals surface area (Å²) in [6.07, 6.45) is 1.71. The number of Topliss-reactive ketones (excluding diaryl/α,β-unsaturated/α-hetero) is 1. The average molecular weight is 402 g/mol. The molecule has 2 aliphatic heterocycles. The highest BCUT2D eigenvalue weighted by Crippen LogP contribution is 2.34. The maximum absolute atomic E-state index is 12.8. The van der Waals surface area contributed by atoms with Crippen molar-refractivity contribution in [2.75, 3.05) is 13.1 Å². The summed E-state index contributed by atoms with van der Waals surface area (Å²) >= 11 is 5.98. The van der Waals surface area contributed by atoms with Gasteiger partial charge in [-0.05, 0) is 37.1 Å². The number of ketones is 1. The predicted molar refractivity (Wildman–Crippen MR) is 103 cm³/mol. The number of likely N-dealkylation sites (tertiary alicyclic amines) is 1. The Morgan fingerprint density at radius 2 is 2.07 bits per heavy atom. The Bertz CT molecular complexity index is 1000. The topological polar surface area (TPSA) is 81.5 Å². The molecular weight excluding hydrogens is 382 g/mol. The average Bonchev–Trinajstić information content (AvgIpc) is 2.70. The van der Waals surface area contributed by atoms with E-state index in [4.69, 9.17) is 16.3 Å². The van der Waals surface area contributed by atoms with Gasteiger partial charge >= 0.3 is 0 Å². The van der Waals surface area contributed by atoms with Gasteiger partial charge in [0.2, 0.25) is 0 Å². The van der Waals surface area contributed by atoms with E-state index in [1.165, 1.54) is 19.2 Å². The summed E-state index contributed by atoms with van der Waals surface area (Å²) in [6, 6.07) is 7.86. The zero-order valence-electron chi connectivity index (χ0n) is 15.4. The van der Waals surface area contributed by atoms with Crippen molar-refractivity contribution in [1.82, 2.24) is 14.7 Å². The van der Waals surface area contributed by atoms with E-state index in [1.54, 1.807) is 23.1 Å². The van der Waals surface area contributed by atoms with Crippen LogP contribution in [-0.4, -0.2) is 45.6 Å². The van der Waals surface area contributed by atoms with Gasteiger partial charge < -0.3 is 9.64 Å². The van der Waals surface area contributed by atoms with E-state index in [0.29, 0.717) is 29.4 Å². The maximum atomic E-state index is 12.8. The van der Waals surface area contributed by atoms with Gasteiger partial charge in [-0.25, -0.2) is 4.68 Å². The number of benzene rings is 1. The van der Waals surface area contributed by atoms with Gasteiger partial charge in [0.25, 0.3) is 11.5 Å². The smallest absolute Gasteiger partial charge is 0.274 e. The number of carbonyl (C=O) groups is 2. The minimum atomic E-state index is -0.273. The van der Waals surface area contributed by atoms with Crippen LogP contribution in [0.2, 0.25) is 5.02 Å². The van der Waals surface area contributed by atoms with Crippen LogP contribution in [0.1, 0.15) is 40.1 Å². The molecule has 2 aromatic rings. The number of hydrogen-bond acceptors (Lipinski definition) is 5. The Morgan fingerprint density at radius 1 is 1.25 bits per heavy atom. The number of aryl methyl sites for hydroxylation is 1. The van der Waals surface area contributed by atoms with Crippen molar-refractivity contribution < 1.29 is 14.3 Å². The number of rotatable bonds is 2. The van der Waals surface area contributed by atoms with E-state index in [9.17, 15) is 14.4 Å². The van der Waals surface area contributed by atoms with Crippen molar-refractivity contribution in [2.45, 2.75) is 25.4 Å². The number of piperidine rings is 1. The largest absolute Gasteiger partial charge is 0.489 e. The van der Waals surface area contributed by atoms with Crippen LogP contribution >= 0.6 is 11.6 Å². The van der Waals surface area contributed by atoms with Crippen LogP contribution in [0.4, 0.5) is 0 Å². The standard InChI is InChI=1S/C20H20ClN3O4/c1-23-19(26)7-5-15(22-23)20(27)24-8-2-3-12(11-24)18-10-16(25)14-9-13(21)4-6-17(14)28-18/h4-7,9,12,18H,2-3,8,10-11H2,1H3. The van der Waals surface area contributed by atoms with Gasteiger partial charge in [0.05, 0.1) is 5.56 Å². The molecule has 0 aliphatic carbocycles. The number of amides is 1. The number of hydrogen-bond donors (Lipinski definition) is 0. The molecule has 1 fully saturated rings. The molecule has 0 radical (unpaired) electrons. The molecule has 4 rings (SSSR count). The SMILES string of the molecule is Cn1nc(C(=O)N2CCCC(C3CC(=O)c4cc(Cl)ccc4O3)C2)ccc1=O. The molecule has 2 unspecified atom stereocenters. The highest BCUT2D eigenvalue weighted by atomic mass is 35.5. The minimum absolute atomic E-state index is 0.0110. The Kier molecular flexibility index (Phi) is 4.93. The van der Waals surface area contributed by atoms with Crippen LogP contribution in [0.5, 0.6) is 5.75 Å². The van der Waals surface area contributed by atoms with Crippen molar-refractivity contribution in [3.8, 4) is 5.75 Å². The van der Waals surface area contributed by atoms with Crippen LogP contribution in [0.15, 0.2) is 35.1 Å². The lowest BCUT2D eigenvalue weighted by Gasteiger charge is -2.38. The van der Waals surface area contributed by atoms with Gasteiger partial charge in [0, 0.05) is 43.6 Å². The zero-order chi connectivity index (χ0) is 19.8. The summed E-state index contributed by atoms with van der Waals surface area (Å²) in [5, 5.41) is 4.56. The minimum Gasteiger partial charge on any atom is -0.489 e. The molecule has 1 amide bonds. The zero-order valence-corrected chi connectivity index (χ0v) is 16.2. The van der Waals surface area contributed by atoms with Crippen LogP contribution < -0.4 is 10.3 Å². The van der Waals surface area contributed by atoms with Gasteiger partial charge in [-0.1, -0.05) is 11.6 Å². The first-order chi connectivity index (χ1) is 13.4. The van der Waals surface area contributed by atoms with E-state index in [2.05, 4.69) is 5.10 Å². The van der Waals surface area contributed by atoms with Crippen LogP contribution in [0.3, 0.4) is 0 Å². The second kappa shape index (κ2) is 7.39. The molecule has 1 aromatic heterocycles. The molecule has 0 spiro atoms. The number of aromatic nitrogens is 2. The molecule has 2 aliphatic rings. The Hall–Kier alpha value is -2.67. The fraction of sp³-hybridized carbons (Fsp3) is 0.400. The van der Waals surface area contributed by atoms with Crippen LogP contribution in [0.25, 0.3) is 0 Å². The lowest BCUT2D eigenvalue weighted by atomic mass is 9.87. The third-order valence-electron chi connectivity index (χ3n) is 5.36. The highest BCUT2D eigenvalue weighted by molar-refractivity contribution is 6.31. The van der Waals surface area contributed by atoms with E-state index in [-0.39, 0.29) is 41.4 Å². The number of ether oxygens (including phenoxy) is 1. The van der Waals surface area contributed by atoms with Crippen molar-refractivity contribution in [1.29, 1.82) is 0 Å². The molecule has 146 valence electrons. The maximum Gasteiger partial charge on any atom is 0.274 e.